The maximum absolute atomic E-state index is 11.7. The van der Waals surface area contributed by atoms with E-state index in [0.717, 1.165) is 26.8 Å². The Labute approximate surface area is 252 Å². The van der Waals surface area contributed by atoms with Crippen LogP contribution in [0.1, 0.15) is 29.4 Å². The molecule has 2 atom stereocenters. The van der Waals surface area contributed by atoms with Crippen LogP contribution in [0.4, 0.5) is 4.79 Å². The Morgan fingerprint density at radius 3 is 2.58 bits per heavy atom. The minimum absolute atomic E-state index is 0.0395. The molecule has 1 saturated heterocycles. The molecule has 11 heteroatoms. The number of rotatable bonds is 10. The van der Waals surface area contributed by atoms with Crippen LogP contribution < -0.4 is 19.3 Å². The van der Waals surface area contributed by atoms with Gasteiger partial charge in [0.25, 0.3) is 5.89 Å². The molecule has 5 aromatic rings. The summed E-state index contributed by atoms with van der Waals surface area (Å²) in [6.07, 6.45) is -1.02. The highest BCUT2D eigenvalue weighted by Crippen LogP contribution is 2.38. The zero-order valence-corrected chi connectivity index (χ0v) is 24.5. The highest BCUT2D eigenvalue weighted by molar-refractivity contribution is 7.13. The second-order valence-corrected chi connectivity index (χ2v) is 11.1. The van der Waals surface area contributed by atoms with E-state index in [-0.39, 0.29) is 25.7 Å². The second-order valence-electron chi connectivity index (χ2n) is 10.1. The number of amides is 1. The molecule has 3 heterocycles. The van der Waals surface area contributed by atoms with Crippen LogP contribution >= 0.6 is 11.3 Å². The average Bonchev–Trinajstić information content (AvgIpc) is 3.75. The summed E-state index contributed by atoms with van der Waals surface area (Å²) in [5.74, 6) is 2.95. The molecular formula is C32H30N3O7S-. The van der Waals surface area contributed by atoms with Crippen LogP contribution in [0.25, 0.3) is 21.5 Å². The van der Waals surface area contributed by atoms with Crippen molar-refractivity contribution in [3.8, 4) is 28.0 Å². The summed E-state index contributed by atoms with van der Waals surface area (Å²) in [6.45, 7) is 0.916. The van der Waals surface area contributed by atoms with Gasteiger partial charge in [-0.3, -0.25) is 0 Å². The lowest BCUT2D eigenvalue weighted by atomic mass is 9.87. The average molecular weight is 601 g/mol. The Kier molecular flexibility index (Phi) is 8.43. The lowest BCUT2D eigenvalue weighted by Gasteiger charge is -2.40. The van der Waals surface area contributed by atoms with Crippen LogP contribution in [0.5, 0.6) is 17.2 Å². The minimum Gasteiger partial charge on any atom is -0.530 e. The van der Waals surface area contributed by atoms with Crippen LogP contribution in [-0.4, -0.2) is 54.5 Å². The second kappa shape index (κ2) is 12.7. The van der Waals surface area contributed by atoms with E-state index in [4.69, 9.17) is 23.5 Å². The van der Waals surface area contributed by atoms with Crippen LogP contribution in [-0.2, 0) is 18.0 Å². The van der Waals surface area contributed by atoms with E-state index in [1.54, 1.807) is 14.2 Å². The molecule has 0 aliphatic carbocycles. The number of hydrogen-bond donors (Lipinski definition) is 0. The van der Waals surface area contributed by atoms with Gasteiger partial charge in [-0.1, -0.05) is 47.6 Å². The first-order valence-corrected chi connectivity index (χ1v) is 14.7. The first-order chi connectivity index (χ1) is 21.0. The number of methoxy groups -OCH3 is 2. The molecule has 43 heavy (non-hydrogen) atoms. The molecule has 1 fully saturated rings. The quantitative estimate of drug-likeness (QED) is 0.211. The molecule has 222 valence electrons. The Balaban J connectivity index is 1.17. The highest BCUT2D eigenvalue weighted by atomic mass is 32.1. The van der Waals surface area contributed by atoms with Crippen molar-refractivity contribution in [3.05, 3.63) is 89.1 Å². The van der Waals surface area contributed by atoms with Gasteiger partial charge in [0.05, 0.1) is 31.8 Å². The van der Waals surface area contributed by atoms with Crippen molar-refractivity contribution >= 4 is 28.2 Å². The Morgan fingerprint density at radius 1 is 1.05 bits per heavy atom. The molecule has 0 bridgehead atoms. The summed E-state index contributed by atoms with van der Waals surface area (Å²) < 4.78 is 29.1. The fraction of sp³-hybridized carbons (Fsp3) is 0.281. The van der Waals surface area contributed by atoms with Crippen molar-refractivity contribution in [2.75, 3.05) is 27.3 Å². The fourth-order valence-corrected chi connectivity index (χ4v) is 6.14. The van der Waals surface area contributed by atoms with Gasteiger partial charge in [0.2, 0.25) is 5.82 Å². The number of piperidine rings is 1. The number of aromatic nitrogens is 2. The molecule has 0 radical (unpaired) electrons. The summed E-state index contributed by atoms with van der Waals surface area (Å²) in [6, 6.07) is 21.4. The van der Waals surface area contributed by atoms with Crippen molar-refractivity contribution < 1.29 is 33.4 Å². The van der Waals surface area contributed by atoms with Crippen molar-refractivity contribution in [3.63, 3.8) is 0 Å². The molecule has 1 aliphatic heterocycles. The molecule has 10 nitrogen and oxygen atoms in total. The summed E-state index contributed by atoms with van der Waals surface area (Å²) in [7, 11) is 3.26. The van der Waals surface area contributed by atoms with Crippen LogP contribution in [0, 0.1) is 0 Å². The van der Waals surface area contributed by atoms with E-state index < -0.39 is 12.2 Å². The van der Waals surface area contributed by atoms with Crippen molar-refractivity contribution in [1.29, 1.82) is 0 Å². The summed E-state index contributed by atoms with van der Waals surface area (Å²) >= 11 is 1.54. The molecule has 1 aliphatic rings. The highest BCUT2D eigenvalue weighted by Gasteiger charge is 2.32. The third kappa shape index (κ3) is 6.13. The standard InChI is InChI=1S/C32H31N3O7S/c1-38-26-16-21(30(39-2)25-7-4-3-6-24(25)26)18-41-27-17-35(32(36)37)14-13-23(27)20-9-11-22(12-10-20)40-19-29-33-31(34-42-29)28-8-5-15-43-28/h3-12,15-16,23,27H,13-14,17-19H2,1-2H3,(H,36,37)/p-1. The SMILES string of the molecule is COc1cc(COC2CN(C(=O)[O-])CCC2c2ccc(OCc3nc(-c4cccs4)no3)cc2)c(OC)c2ccccc12. The minimum atomic E-state index is -1.20. The number of nitrogens with zero attached hydrogens (tertiary/aromatic N) is 3. The van der Waals surface area contributed by atoms with Crippen molar-refractivity contribution in [1.82, 2.24) is 15.0 Å². The van der Waals surface area contributed by atoms with E-state index in [2.05, 4.69) is 10.1 Å². The summed E-state index contributed by atoms with van der Waals surface area (Å²) in [5.41, 5.74) is 1.84. The van der Waals surface area contributed by atoms with Gasteiger partial charge >= 0.3 is 0 Å². The van der Waals surface area contributed by atoms with Gasteiger partial charge in [0, 0.05) is 35.3 Å². The van der Waals surface area contributed by atoms with Gasteiger partial charge < -0.3 is 38.3 Å². The fourth-order valence-electron chi connectivity index (χ4n) is 5.49. The zero-order chi connectivity index (χ0) is 29.8. The number of carboxylic acid groups (broad SMARTS) is 1. The van der Waals surface area contributed by atoms with Crippen molar-refractivity contribution in [2.45, 2.75) is 31.7 Å². The predicted octanol–water partition coefficient (Wildman–Crippen LogP) is 5.27. The van der Waals surface area contributed by atoms with E-state index in [1.807, 2.05) is 72.1 Å². The number of fused-ring (bicyclic) bond motifs is 1. The molecule has 0 spiro atoms. The Hall–Kier alpha value is -4.61. The number of carbonyl (C=O) groups excluding carboxylic acids is 1. The summed E-state index contributed by atoms with van der Waals surface area (Å²) in [4.78, 5) is 18.4. The number of hydrogen-bond acceptors (Lipinski definition) is 10. The normalized spacial score (nSPS) is 16.7. The maximum atomic E-state index is 11.7. The largest absolute Gasteiger partial charge is 0.530 e. The van der Waals surface area contributed by atoms with E-state index in [1.165, 1.54) is 16.2 Å². The third-order valence-electron chi connectivity index (χ3n) is 7.61. The predicted molar refractivity (Wildman–Crippen MR) is 158 cm³/mol. The molecule has 0 N–H and O–H groups in total. The van der Waals surface area contributed by atoms with Crippen LogP contribution in [0.2, 0.25) is 0 Å². The molecule has 6 rings (SSSR count). The van der Waals surface area contributed by atoms with Gasteiger partial charge in [-0.25, -0.2) is 0 Å². The van der Waals surface area contributed by atoms with Crippen LogP contribution in [0.3, 0.4) is 0 Å². The molecule has 2 aromatic heterocycles. The van der Waals surface area contributed by atoms with E-state index in [9.17, 15) is 9.90 Å². The smallest absolute Gasteiger partial charge is 0.264 e. The molecule has 1 amide bonds. The number of likely N-dealkylation sites (tertiary alicyclic amines) is 1. The van der Waals surface area contributed by atoms with E-state index >= 15 is 0 Å². The first kappa shape index (κ1) is 28.5. The van der Waals surface area contributed by atoms with Crippen molar-refractivity contribution in [2.24, 2.45) is 0 Å². The van der Waals surface area contributed by atoms with Gasteiger partial charge in [0.15, 0.2) is 6.61 Å². The Bertz CT molecular complexity index is 1690. The molecule has 0 saturated carbocycles. The maximum Gasteiger partial charge on any atom is 0.264 e. The van der Waals surface area contributed by atoms with Gasteiger partial charge in [0.1, 0.15) is 23.3 Å². The lowest BCUT2D eigenvalue weighted by molar-refractivity contribution is -0.268. The lowest BCUT2D eigenvalue weighted by Crippen LogP contribution is -2.51. The Morgan fingerprint density at radius 2 is 1.86 bits per heavy atom. The van der Waals surface area contributed by atoms with E-state index in [0.29, 0.717) is 41.9 Å². The molecule has 2 unspecified atom stereocenters. The van der Waals surface area contributed by atoms with Gasteiger partial charge in [-0.2, -0.15) is 4.98 Å². The third-order valence-corrected chi connectivity index (χ3v) is 8.47. The molecule has 3 aromatic carbocycles. The monoisotopic (exact) mass is 600 g/mol. The van der Waals surface area contributed by atoms with Crippen LogP contribution in [0.15, 0.2) is 76.6 Å². The topological polar surface area (TPSA) is 119 Å². The number of benzene rings is 3. The summed E-state index contributed by atoms with van der Waals surface area (Å²) in [5, 5.41) is 19.6. The molecular weight excluding hydrogens is 570 g/mol. The number of thiophene rings is 1. The first-order valence-electron chi connectivity index (χ1n) is 13.8. The van der Waals surface area contributed by atoms with Gasteiger partial charge in [-0.15, -0.1) is 11.3 Å². The van der Waals surface area contributed by atoms with Gasteiger partial charge in [-0.05, 0) is 41.6 Å². The number of carbonyl (C=O) groups is 1. The zero-order valence-electron chi connectivity index (χ0n) is 23.7. The number of ether oxygens (including phenoxy) is 4.